The number of para-hydroxylation sites is 1. The molecule has 0 saturated carbocycles. The standard InChI is InChI=1S/C15H19N3O2/c1-2-12(8-9-19)17-15(20)14-10-16-11-18(14)13-6-4-3-5-7-13/h3-7,10-12,19H,2,8-9H2,1H3,(H,17,20). The van der Waals surface area contributed by atoms with Crippen LogP contribution in [0.1, 0.15) is 30.3 Å². The summed E-state index contributed by atoms with van der Waals surface area (Å²) in [5.74, 6) is -0.174. The Morgan fingerprint density at radius 3 is 2.80 bits per heavy atom. The molecule has 0 spiro atoms. The van der Waals surface area contributed by atoms with Gasteiger partial charge in [-0.3, -0.25) is 9.36 Å². The molecule has 0 fully saturated rings. The second kappa shape index (κ2) is 6.86. The largest absolute Gasteiger partial charge is 0.396 e. The summed E-state index contributed by atoms with van der Waals surface area (Å²) in [6, 6.07) is 9.57. The molecule has 1 atom stereocenters. The van der Waals surface area contributed by atoms with E-state index < -0.39 is 0 Å². The number of aliphatic hydroxyl groups is 1. The van der Waals surface area contributed by atoms with Crippen LogP contribution >= 0.6 is 0 Å². The molecular weight excluding hydrogens is 254 g/mol. The number of hydrogen-bond donors (Lipinski definition) is 2. The van der Waals surface area contributed by atoms with Crippen LogP contribution in [0, 0.1) is 0 Å². The van der Waals surface area contributed by atoms with Crippen molar-refractivity contribution in [2.24, 2.45) is 0 Å². The van der Waals surface area contributed by atoms with Gasteiger partial charge in [-0.2, -0.15) is 0 Å². The van der Waals surface area contributed by atoms with Gasteiger partial charge in [-0.25, -0.2) is 4.98 Å². The molecule has 0 aliphatic carbocycles. The molecule has 0 aliphatic heterocycles. The zero-order chi connectivity index (χ0) is 14.4. The minimum atomic E-state index is -0.174. The monoisotopic (exact) mass is 273 g/mol. The first-order valence-corrected chi connectivity index (χ1v) is 6.75. The van der Waals surface area contributed by atoms with Crippen LogP contribution in [0.5, 0.6) is 0 Å². The molecule has 1 unspecified atom stereocenters. The number of carbonyl (C=O) groups excluding carboxylic acids is 1. The van der Waals surface area contributed by atoms with E-state index in [1.165, 1.54) is 0 Å². The molecule has 2 N–H and O–H groups in total. The number of imidazole rings is 1. The summed E-state index contributed by atoms with van der Waals surface area (Å²) in [4.78, 5) is 16.3. The quantitative estimate of drug-likeness (QED) is 0.842. The van der Waals surface area contributed by atoms with Crippen LogP contribution in [0.15, 0.2) is 42.9 Å². The van der Waals surface area contributed by atoms with Crippen LogP contribution in [-0.2, 0) is 0 Å². The van der Waals surface area contributed by atoms with Gasteiger partial charge in [0, 0.05) is 18.3 Å². The zero-order valence-electron chi connectivity index (χ0n) is 11.5. The summed E-state index contributed by atoms with van der Waals surface area (Å²) in [6.07, 6.45) is 4.51. The molecule has 0 bridgehead atoms. The summed E-state index contributed by atoms with van der Waals surface area (Å²) < 4.78 is 1.75. The van der Waals surface area contributed by atoms with E-state index in [2.05, 4.69) is 10.3 Å². The topological polar surface area (TPSA) is 67.2 Å². The zero-order valence-corrected chi connectivity index (χ0v) is 11.5. The molecule has 0 aliphatic rings. The predicted octanol–water partition coefficient (Wildman–Crippen LogP) is 1.76. The molecular formula is C15H19N3O2. The molecule has 5 nitrogen and oxygen atoms in total. The fraction of sp³-hybridized carbons (Fsp3) is 0.333. The number of hydrogen-bond acceptors (Lipinski definition) is 3. The van der Waals surface area contributed by atoms with Crippen molar-refractivity contribution in [2.45, 2.75) is 25.8 Å². The minimum Gasteiger partial charge on any atom is -0.396 e. The molecule has 0 saturated heterocycles. The van der Waals surface area contributed by atoms with E-state index in [0.717, 1.165) is 12.1 Å². The number of rotatable bonds is 6. The Bertz CT molecular complexity index is 551. The van der Waals surface area contributed by atoms with Crippen LogP contribution in [-0.4, -0.2) is 33.2 Å². The van der Waals surface area contributed by atoms with Gasteiger partial charge in [-0.05, 0) is 25.0 Å². The molecule has 1 aromatic heterocycles. The number of benzene rings is 1. The van der Waals surface area contributed by atoms with Crippen molar-refractivity contribution < 1.29 is 9.90 Å². The van der Waals surface area contributed by atoms with Crippen molar-refractivity contribution in [3.63, 3.8) is 0 Å². The molecule has 5 heteroatoms. The Labute approximate surface area is 118 Å². The molecule has 1 aromatic carbocycles. The maximum atomic E-state index is 12.3. The molecule has 2 aromatic rings. The normalized spacial score (nSPS) is 12.1. The summed E-state index contributed by atoms with van der Waals surface area (Å²) >= 11 is 0. The minimum absolute atomic E-state index is 0.0216. The molecule has 1 heterocycles. The lowest BCUT2D eigenvalue weighted by atomic mass is 10.1. The Kier molecular flexibility index (Phi) is 4.90. The van der Waals surface area contributed by atoms with Crippen LogP contribution in [0.4, 0.5) is 0 Å². The maximum Gasteiger partial charge on any atom is 0.270 e. The first kappa shape index (κ1) is 14.3. The Balaban J connectivity index is 2.18. The lowest BCUT2D eigenvalue weighted by molar-refractivity contribution is 0.0922. The third kappa shape index (κ3) is 3.24. The highest BCUT2D eigenvalue weighted by Gasteiger charge is 2.16. The molecule has 106 valence electrons. The van der Waals surface area contributed by atoms with Gasteiger partial charge in [-0.1, -0.05) is 25.1 Å². The van der Waals surface area contributed by atoms with Crippen LogP contribution in [0.25, 0.3) is 5.69 Å². The van der Waals surface area contributed by atoms with Crippen molar-refractivity contribution in [2.75, 3.05) is 6.61 Å². The number of nitrogens with zero attached hydrogens (tertiary/aromatic N) is 2. The van der Waals surface area contributed by atoms with E-state index in [9.17, 15) is 4.79 Å². The highest BCUT2D eigenvalue weighted by atomic mass is 16.3. The van der Waals surface area contributed by atoms with E-state index >= 15 is 0 Å². The van der Waals surface area contributed by atoms with Crippen molar-refractivity contribution in [3.05, 3.63) is 48.5 Å². The van der Waals surface area contributed by atoms with E-state index in [0.29, 0.717) is 12.1 Å². The lowest BCUT2D eigenvalue weighted by Gasteiger charge is -2.16. The third-order valence-electron chi connectivity index (χ3n) is 3.21. The van der Waals surface area contributed by atoms with Crippen molar-refractivity contribution in [1.29, 1.82) is 0 Å². The second-order valence-corrected chi connectivity index (χ2v) is 4.58. The van der Waals surface area contributed by atoms with Crippen molar-refractivity contribution >= 4 is 5.91 Å². The average molecular weight is 273 g/mol. The fourth-order valence-corrected chi connectivity index (χ4v) is 2.05. The maximum absolute atomic E-state index is 12.3. The van der Waals surface area contributed by atoms with Gasteiger partial charge in [-0.15, -0.1) is 0 Å². The molecule has 2 rings (SSSR count). The molecule has 1 amide bonds. The Morgan fingerprint density at radius 2 is 2.15 bits per heavy atom. The van der Waals surface area contributed by atoms with Crippen molar-refractivity contribution in [3.8, 4) is 5.69 Å². The number of aliphatic hydroxyl groups excluding tert-OH is 1. The van der Waals surface area contributed by atoms with E-state index in [4.69, 9.17) is 5.11 Å². The average Bonchev–Trinajstić information content (AvgIpc) is 2.97. The fourth-order valence-electron chi connectivity index (χ4n) is 2.05. The Morgan fingerprint density at radius 1 is 1.40 bits per heavy atom. The highest BCUT2D eigenvalue weighted by molar-refractivity contribution is 5.93. The second-order valence-electron chi connectivity index (χ2n) is 4.58. The van der Waals surface area contributed by atoms with Gasteiger partial charge in [0.05, 0.1) is 12.5 Å². The van der Waals surface area contributed by atoms with Gasteiger partial charge in [0.15, 0.2) is 0 Å². The number of carbonyl (C=O) groups is 1. The summed E-state index contributed by atoms with van der Waals surface area (Å²) in [6.45, 7) is 2.05. The van der Waals surface area contributed by atoms with Gasteiger partial charge in [0.1, 0.15) is 5.69 Å². The molecule has 0 radical (unpaired) electrons. The lowest BCUT2D eigenvalue weighted by Crippen LogP contribution is -2.36. The number of nitrogens with one attached hydrogen (secondary N) is 1. The third-order valence-corrected chi connectivity index (χ3v) is 3.21. The summed E-state index contributed by atoms with van der Waals surface area (Å²) in [5.41, 5.74) is 1.39. The van der Waals surface area contributed by atoms with Crippen molar-refractivity contribution in [1.82, 2.24) is 14.9 Å². The highest BCUT2D eigenvalue weighted by Crippen LogP contribution is 2.11. The van der Waals surface area contributed by atoms with E-state index in [1.54, 1.807) is 17.1 Å². The first-order chi connectivity index (χ1) is 9.76. The number of aromatic nitrogens is 2. The molecule has 20 heavy (non-hydrogen) atoms. The van der Waals surface area contributed by atoms with Crippen LogP contribution in [0.3, 0.4) is 0 Å². The smallest absolute Gasteiger partial charge is 0.270 e. The van der Waals surface area contributed by atoms with Gasteiger partial charge >= 0.3 is 0 Å². The SMILES string of the molecule is CCC(CCO)NC(=O)c1cncn1-c1ccccc1. The van der Waals surface area contributed by atoms with E-state index in [-0.39, 0.29) is 18.6 Å². The van der Waals surface area contributed by atoms with Gasteiger partial charge in [0.2, 0.25) is 0 Å². The van der Waals surface area contributed by atoms with Crippen LogP contribution < -0.4 is 5.32 Å². The van der Waals surface area contributed by atoms with Gasteiger partial charge < -0.3 is 10.4 Å². The Hall–Kier alpha value is -2.14. The van der Waals surface area contributed by atoms with Gasteiger partial charge in [0.25, 0.3) is 5.91 Å². The first-order valence-electron chi connectivity index (χ1n) is 6.75. The predicted molar refractivity (Wildman–Crippen MR) is 76.8 cm³/mol. The summed E-state index contributed by atoms with van der Waals surface area (Å²) in [7, 11) is 0. The van der Waals surface area contributed by atoms with E-state index in [1.807, 2.05) is 37.3 Å². The van der Waals surface area contributed by atoms with Crippen LogP contribution in [0.2, 0.25) is 0 Å². The summed E-state index contributed by atoms with van der Waals surface area (Å²) in [5, 5.41) is 11.9. The number of amides is 1.